The third-order valence-corrected chi connectivity index (χ3v) is 10.3. The molecule has 0 bridgehead atoms. The second-order valence-corrected chi connectivity index (χ2v) is 13.4. The molecular weight excluding hydrogens is 582 g/mol. The molecule has 3 aliphatic rings. The molecule has 44 heavy (non-hydrogen) atoms. The number of piperidine rings is 1. The molecule has 1 aromatic carbocycles. The van der Waals surface area contributed by atoms with Gasteiger partial charge in [-0.3, -0.25) is 14.3 Å². The molecule has 1 aromatic heterocycles. The van der Waals surface area contributed by atoms with E-state index in [0.29, 0.717) is 17.4 Å². The maximum atomic E-state index is 14.2. The van der Waals surface area contributed by atoms with Crippen molar-refractivity contribution in [1.82, 2.24) is 35.6 Å². The van der Waals surface area contributed by atoms with Crippen molar-refractivity contribution in [2.24, 2.45) is 11.3 Å². The zero-order valence-electron chi connectivity index (χ0n) is 25.4. The number of carbonyl (C=O) groups is 3. The summed E-state index contributed by atoms with van der Waals surface area (Å²) in [5.74, 6) is 0.474. The summed E-state index contributed by atoms with van der Waals surface area (Å²) in [5, 5.41) is 22.6. The van der Waals surface area contributed by atoms with Crippen LogP contribution in [0.5, 0.6) is 0 Å². The number of aromatic nitrogens is 3. The van der Waals surface area contributed by atoms with E-state index >= 15 is 0 Å². The van der Waals surface area contributed by atoms with Crippen molar-refractivity contribution in [3.8, 4) is 0 Å². The van der Waals surface area contributed by atoms with Crippen LogP contribution >= 0.6 is 11.6 Å². The Morgan fingerprint density at radius 2 is 1.66 bits per heavy atom. The van der Waals surface area contributed by atoms with Crippen LogP contribution in [0.2, 0.25) is 5.02 Å². The molecule has 2 aliphatic carbocycles. The molecular formula is C32H46ClN7O4. The van der Waals surface area contributed by atoms with Gasteiger partial charge in [-0.05, 0) is 86.8 Å². The number of rotatable bonds is 11. The number of carboxylic acid groups (broad SMARTS) is 1. The van der Waals surface area contributed by atoms with Crippen LogP contribution in [0.3, 0.4) is 0 Å². The second-order valence-electron chi connectivity index (χ2n) is 12.9. The van der Waals surface area contributed by atoms with Crippen LogP contribution in [0.1, 0.15) is 76.2 Å². The van der Waals surface area contributed by atoms with Gasteiger partial charge in [-0.15, -0.1) is 0 Å². The van der Waals surface area contributed by atoms with E-state index in [4.69, 9.17) is 16.7 Å². The van der Waals surface area contributed by atoms with Gasteiger partial charge in [-0.25, -0.2) is 9.78 Å². The van der Waals surface area contributed by atoms with E-state index in [2.05, 4.69) is 30.9 Å². The summed E-state index contributed by atoms with van der Waals surface area (Å²) in [4.78, 5) is 43.2. The minimum Gasteiger partial charge on any atom is -0.465 e. The van der Waals surface area contributed by atoms with Crippen molar-refractivity contribution in [3.05, 3.63) is 47.5 Å². The Bertz CT molecular complexity index is 1220. The maximum Gasteiger partial charge on any atom is 0.405 e. The molecule has 0 radical (unpaired) electrons. The summed E-state index contributed by atoms with van der Waals surface area (Å²) in [6.07, 6.45) is 14.3. The Kier molecular flexibility index (Phi) is 11.1. The highest BCUT2D eigenvalue weighted by Crippen LogP contribution is 2.47. The van der Waals surface area contributed by atoms with E-state index in [1.807, 2.05) is 35.3 Å². The number of hydrogen-bond donors (Lipinski definition) is 4. The van der Waals surface area contributed by atoms with Gasteiger partial charge in [0.2, 0.25) is 11.8 Å². The highest BCUT2D eigenvalue weighted by Gasteiger charge is 2.44. The molecule has 1 aliphatic heterocycles. The average Bonchev–Trinajstić information content (AvgIpc) is 3.55. The van der Waals surface area contributed by atoms with Crippen molar-refractivity contribution >= 4 is 29.5 Å². The Balaban J connectivity index is 1.22. The number of amides is 3. The molecule has 1 saturated heterocycles. The topological polar surface area (TPSA) is 141 Å². The van der Waals surface area contributed by atoms with Crippen LogP contribution in [0.4, 0.5) is 4.79 Å². The molecule has 240 valence electrons. The van der Waals surface area contributed by atoms with Crippen molar-refractivity contribution in [1.29, 1.82) is 0 Å². The Morgan fingerprint density at radius 3 is 2.30 bits per heavy atom. The molecule has 3 fully saturated rings. The lowest BCUT2D eigenvalue weighted by atomic mass is 9.63. The molecule has 5 rings (SSSR count). The first-order chi connectivity index (χ1) is 21.3. The third-order valence-electron chi connectivity index (χ3n) is 10.1. The number of likely N-dealkylation sites (tertiary alicyclic amines) is 1. The van der Waals surface area contributed by atoms with Gasteiger partial charge in [-0.2, -0.15) is 5.10 Å². The van der Waals surface area contributed by atoms with Crippen molar-refractivity contribution < 1.29 is 19.5 Å². The molecule has 12 heteroatoms. The fraction of sp³-hybridized carbons (Fsp3) is 0.656. The summed E-state index contributed by atoms with van der Waals surface area (Å²) in [7, 11) is 0. The average molecular weight is 628 g/mol. The van der Waals surface area contributed by atoms with E-state index < -0.39 is 6.09 Å². The lowest BCUT2D eigenvalue weighted by molar-refractivity contribution is -0.137. The van der Waals surface area contributed by atoms with Gasteiger partial charge in [0.15, 0.2) is 0 Å². The monoisotopic (exact) mass is 627 g/mol. The largest absolute Gasteiger partial charge is 0.465 e. The standard InChI is InChI=1S/C32H46ClN7O4/c33-25-8-6-23(7-9-25)18-28(37-26-10-12-27(13-11-26)38-29(41)19-35-31(43)44)30(42)39-16-14-32(15-17-39,20-40-22-34-21-36-40)24-4-2-1-3-5-24/h6-9,21-22,24,26-28,35,37H,1-5,10-20H2,(H,38,41)(H,43,44)/t26?,27?,28-/m1/s1. The van der Waals surface area contributed by atoms with Gasteiger partial charge in [0, 0.05) is 36.7 Å². The zero-order valence-corrected chi connectivity index (χ0v) is 26.2. The molecule has 1 atom stereocenters. The predicted molar refractivity (Wildman–Crippen MR) is 167 cm³/mol. The van der Waals surface area contributed by atoms with E-state index in [0.717, 1.165) is 63.7 Å². The molecule has 2 saturated carbocycles. The minimum absolute atomic E-state index is 0.00144. The van der Waals surface area contributed by atoms with E-state index in [1.54, 1.807) is 6.33 Å². The minimum atomic E-state index is -1.21. The van der Waals surface area contributed by atoms with Crippen LogP contribution in [0.25, 0.3) is 0 Å². The van der Waals surface area contributed by atoms with Gasteiger partial charge in [-0.1, -0.05) is 43.0 Å². The number of benzene rings is 1. The van der Waals surface area contributed by atoms with Gasteiger partial charge in [0.1, 0.15) is 12.7 Å². The summed E-state index contributed by atoms with van der Waals surface area (Å²) in [6.45, 7) is 2.10. The Hall–Kier alpha value is -3.18. The SMILES string of the molecule is O=C(O)NCC(=O)NC1CCC(N[C@H](Cc2ccc(Cl)cc2)C(=O)N2CCC(Cn3cncn3)(C3CCCCC3)CC2)CC1. The smallest absolute Gasteiger partial charge is 0.405 e. The number of hydrogen-bond acceptors (Lipinski definition) is 6. The van der Waals surface area contributed by atoms with Gasteiger partial charge >= 0.3 is 6.09 Å². The van der Waals surface area contributed by atoms with Gasteiger partial charge in [0.25, 0.3) is 0 Å². The van der Waals surface area contributed by atoms with Gasteiger partial charge < -0.3 is 26.0 Å². The van der Waals surface area contributed by atoms with E-state index in [9.17, 15) is 14.4 Å². The molecule has 3 amide bonds. The quantitative estimate of drug-likeness (QED) is 0.295. The number of halogens is 1. The van der Waals surface area contributed by atoms with Crippen LogP contribution in [0.15, 0.2) is 36.9 Å². The number of nitrogens with one attached hydrogen (secondary N) is 3. The summed E-state index contributed by atoms with van der Waals surface area (Å²) < 4.78 is 1.98. The highest BCUT2D eigenvalue weighted by molar-refractivity contribution is 6.30. The first-order valence-electron chi connectivity index (χ1n) is 16.2. The van der Waals surface area contributed by atoms with Crippen LogP contribution in [0, 0.1) is 11.3 Å². The normalized spacial score (nSPS) is 23.1. The van der Waals surface area contributed by atoms with Crippen LogP contribution < -0.4 is 16.0 Å². The fourth-order valence-corrected chi connectivity index (χ4v) is 7.76. The van der Waals surface area contributed by atoms with Gasteiger partial charge in [0.05, 0.1) is 12.6 Å². The Morgan fingerprint density at radius 1 is 0.977 bits per heavy atom. The molecule has 2 aromatic rings. The summed E-state index contributed by atoms with van der Waals surface area (Å²) in [5.41, 5.74) is 1.19. The molecule has 2 heterocycles. The maximum absolute atomic E-state index is 14.2. The van der Waals surface area contributed by atoms with Crippen LogP contribution in [-0.4, -0.2) is 80.4 Å². The first-order valence-corrected chi connectivity index (χ1v) is 16.6. The summed E-state index contributed by atoms with van der Waals surface area (Å²) in [6, 6.07) is 7.52. The van der Waals surface area contributed by atoms with Crippen molar-refractivity contribution in [2.75, 3.05) is 19.6 Å². The van der Waals surface area contributed by atoms with E-state index in [1.165, 1.54) is 32.1 Å². The summed E-state index contributed by atoms with van der Waals surface area (Å²) >= 11 is 6.15. The number of carbonyl (C=O) groups excluding carboxylic acids is 2. The first kappa shape index (κ1) is 32.2. The predicted octanol–water partition coefficient (Wildman–Crippen LogP) is 4.02. The Labute approximate surface area is 264 Å². The molecule has 0 unspecified atom stereocenters. The molecule has 11 nitrogen and oxygen atoms in total. The lowest BCUT2D eigenvalue weighted by Crippen LogP contribution is -2.56. The van der Waals surface area contributed by atoms with E-state index in [-0.39, 0.29) is 41.9 Å². The van der Waals surface area contributed by atoms with Crippen molar-refractivity contribution in [2.45, 2.75) is 102 Å². The lowest BCUT2D eigenvalue weighted by Gasteiger charge is -2.48. The second kappa shape index (κ2) is 15.2. The van der Waals surface area contributed by atoms with Crippen molar-refractivity contribution in [3.63, 3.8) is 0 Å². The molecule has 4 N–H and O–H groups in total. The third kappa shape index (κ3) is 8.72. The highest BCUT2D eigenvalue weighted by atomic mass is 35.5. The number of nitrogens with zero attached hydrogens (tertiary/aromatic N) is 4. The zero-order chi connectivity index (χ0) is 30.9. The van der Waals surface area contributed by atoms with Crippen LogP contribution in [-0.2, 0) is 22.6 Å². The molecule has 0 spiro atoms. The fourth-order valence-electron chi connectivity index (χ4n) is 7.64.